The highest BCUT2D eigenvalue weighted by Gasteiger charge is 2.18. The highest BCUT2D eigenvalue weighted by atomic mass is 16.5. The van der Waals surface area contributed by atoms with Crippen LogP contribution in [0.15, 0.2) is 34.9 Å². The second kappa shape index (κ2) is 6.93. The number of rotatable bonds is 5. The lowest BCUT2D eigenvalue weighted by molar-refractivity contribution is 0.0948. The Bertz CT molecular complexity index is 891. The number of nitrogens with zero attached hydrogens (tertiary/aromatic N) is 3. The lowest BCUT2D eigenvalue weighted by Crippen LogP contribution is -2.24. The van der Waals surface area contributed by atoms with Crippen LogP contribution >= 0.6 is 0 Å². The summed E-state index contributed by atoms with van der Waals surface area (Å²) in [5.41, 5.74) is 5.07. The van der Waals surface area contributed by atoms with Crippen LogP contribution in [0.25, 0.3) is 11.3 Å². The maximum atomic E-state index is 12.5. The molecular weight excluding hydrogens is 316 g/mol. The second-order valence-corrected chi connectivity index (χ2v) is 6.09. The Labute approximate surface area is 146 Å². The van der Waals surface area contributed by atoms with Crippen molar-refractivity contribution < 1.29 is 9.32 Å². The summed E-state index contributed by atoms with van der Waals surface area (Å²) >= 11 is 0. The van der Waals surface area contributed by atoms with Crippen LogP contribution in [0.3, 0.4) is 0 Å². The zero-order valence-electron chi connectivity index (χ0n) is 15.0. The van der Waals surface area contributed by atoms with Gasteiger partial charge in [0.05, 0.1) is 17.8 Å². The molecule has 0 bridgehead atoms. The highest BCUT2D eigenvalue weighted by Crippen LogP contribution is 2.21. The molecule has 0 saturated heterocycles. The summed E-state index contributed by atoms with van der Waals surface area (Å²) in [6.07, 6.45) is 0. The quantitative estimate of drug-likeness (QED) is 0.774. The highest BCUT2D eigenvalue weighted by molar-refractivity contribution is 5.96. The van der Waals surface area contributed by atoms with E-state index in [4.69, 9.17) is 4.52 Å². The number of hydrogen-bond donors (Lipinski definition) is 1. The van der Waals surface area contributed by atoms with Crippen LogP contribution in [0.2, 0.25) is 0 Å². The largest absolute Gasteiger partial charge is 0.356 e. The predicted molar refractivity (Wildman–Crippen MR) is 95.2 cm³/mol. The average Bonchev–Trinajstić information content (AvgIpc) is 3.18. The molecule has 1 N–H and O–H groups in total. The first-order valence-corrected chi connectivity index (χ1v) is 8.34. The van der Waals surface area contributed by atoms with Crippen LogP contribution in [0, 0.1) is 20.8 Å². The van der Waals surface area contributed by atoms with E-state index in [0.717, 1.165) is 23.5 Å². The van der Waals surface area contributed by atoms with E-state index in [0.29, 0.717) is 23.6 Å². The Morgan fingerprint density at radius 3 is 2.56 bits per heavy atom. The van der Waals surface area contributed by atoms with Gasteiger partial charge in [0, 0.05) is 23.9 Å². The van der Waals surface area contributed by atoms with Crippen molar-refractivity contribution >= 4 is 5.91 Å². The first-order valence-electron chi connectivity index (χ1n) is 8.34. The van der Waals surface area contributed by atoms with Gasteiger partial charge in [-0.25, -0.2) is 0 Å². The summed E-state index contributed by atoms with van der Waals surface area (Å²) in [6.45, 7) is 8.84. The Morgan fingerprint density at radius 1 is 1.20 bits per heavy atom. The number of amides is 1. The van der Waals surface area contributed by atoms with Gasteiger partial charge >= 0.3 is 0 Å². The molecule has 130 valence electrons. The van der Waals surface area contributed by atoms with Crippen molar-refractivity contribution in [2.45, 2.75) is 40.8 Å². The molecule has 1 aromatic carbocycles. The van der Waals surface area contributed by atoms with E-state index in [9.17, 15) is 4.79 Å². The standard InChI is InChI=1S/C19H22N4O2/c1-5-23-14(4)18(13(3)21-23)19(24)20-11-16-10-17(25-22-16)15-8-6-12(2)7-9-15/h6-10H,5,11H2,1-4H3,(H,20,24). The third-order valence-electron chi connectivity index (χ3n) is 4.23. The maximum Gasteiger partial charge on any atom is 0.255 e. The van der Waals surface area contributed by atoms with Gasteiger partial charge in [-0.15, -0.1) is 0 Å². The minimum Gasteiger partial charge on any atom is -0.356 e. The van der Waals surface area contributed by atoms with E-state index in [1.54, 1.807) is 0 Å². The molecule has 25 heavy (non-hydrogen) atoms. The summed E-state index contributed by atoms with van der Waals surface area (Å²) in [5.74, 6) is 0.546. The van der Waals surface area contributed by atoms with Crippen molar-refractivity contribution in [1.29, 1.82) is 0 Å². The van der Waals surface area contributed by atoms with Gasteiger partial charge in [0.25, 0.3) is 5.91 Å². The van der Waals surface area contributed by atoms with Gasteiger partial charge in [0.1, 0.15) is 5.69 Å². The molecule has 0 aliphatic rings. The van der Waals surface area contributed by atoms with Gasteiger partial charge in [0.2, 0.25) is 0 Å². The lowest BCUT2D eigenvalue weighted by Gasteiger charge is -2.04. The fourth-order valence-corrected chi connectivity index (χ4v) is 2.84. The minimum absolute atomic E-state index is 0.144. The molecule has 3 aromatic rings. The third kappa shape index (κ3) is 3.47. The van der Waals surface area contributed by atoms with Gasteiger partial charge in [-0.05, 0) is 27.7 Å². The molecule has 0 aliphatic heterocycles. The normalized spacial score (nSPS) is 10.9. The van der Waals surface area contributed by atoms with Crippen molar-refractivity contribution in [3.05, 3.63) is 58.5 Å². The molecule has 0 unspecified atom stereocenters. The number of benzene rings is 1. The average molecular weight is 338 g/mol. The van der Waals surface area contributed by atoms with Crippen LogP contribution < -0.4 is 5.32 Å². The van der Waals surface area contributed by atoms with Crippen LogP contribution in [-0.4, -0.2) is 20.8 Å². The molecular formula is C19H22N4O2. The molecule has 6 heteroatoms. The topological polar surface area (TPSA) is 73.0 Å². The van der Waals surface area contributed by atoms with E-state index < -0.39 is 0 Å². The summed E-state index contributed by atoms with van der Waals surface area (Å²) in [7, 11) is 0. The Hall–Kier alpha value is -2.89. The van der Waals surface area contributed by atoms with E-state index in [1.165, 1.54) is 5.56 Å². The smallest absolute Gasteiger partial charge is 0.255 e. The van der Waals surface area contributed by atoms with E-state index in [-0.39, 0.29) is 5.91 Å². The number of nitrogens with one attached hydrogen (secondary N) is 1. The maximum absolute atomic E-state index is 12.5. The summed E-state index contributed by atoms with van der Waals surface area (Å²) in [4.78, 5) is 12.5. The molecule has 6 nitrogen and oxygen atoms in total. The van der Waals surface area contributed by atoms with E-state index in [2.05, 4.69) is 15.6 Å². The van der Waals surface area contributed by atoms with Crippen molar-refractivity contribution in [3.63, 3.8) is 0 Å². The fraction of sp³-hybridized carbons (Fsp3) is 0.316. The van der Waals surface area contributed by atoms with Gasteiger partial charge < -0.3 is 9.84 Å². The van der Waals surface area contributed by atoms with E-state index >= 15 is 0 Å². The number of aryl methyl sites for hydroxylation is 3. The minimum atomic E-state index is -0.144. The monoisotopic (exact) mass is 338 g/mol. The molecule has 2 aromatic heterocycles. The molecule has 0 saturated carbocycles. The first kappa shape index (κ1) is 17.0. The van der Waals surface area contributed by atoms with Crippen LogP contribution in [0.1, 0.15) is 39.9 Å². The second-order valence-electron chi connectivity index (χ2n) is 6.09. The van der Waals surface area contributed by atoms with Crippen molar-refractivity contribution in [2.75, 3.05) is 0 Å². The number of carbonyl (C=O) groups is 1. The van der Waals surface area contributed by atoms with E-state index in [1.807, 2.05) is 62.7 Å². The molecule has 2 heterocycles. The number of hydrogen-bond acceptors (Lipinski definition) is 4. The van der Waals surface area contributed by atoms with Crippen LogP contribution in [0.5, 0.6) is 0 Å². The number of aromatic nitrogens is 3. The Balaban J connectivity index is 1.69. The zero-order valence-corrected chi connectivity index (χ0v) is 15.0. The molecule has 3 rings (SSSR count). The molecule has 0 radical (unpaired) electrons. The summed E-state index contributed by atoms with van der Waals surface area (Å²) in [6, 6.07) is 9.88. The van der Waals surface area contributed by atoms with Crippen molar-refractivity contribution in [2.24, 2.45) is 0 Å². The molecule has 0 spiro atoms. The Morgan fingerprint density at radius 2 is 1.92 bits per heavy atom. The zero-order chi connectivity index (χ0) is 18.0. The van der Waals surface area contributed by atoms with Crippen LogP contribution in [-0.2, 0) is 13.1 Å². The summed E-state index contributed by atoms with van der Waals surface area (Å²) in [5, 5.41) is 11.3. The fourth-order valence-electron chi connectivity index (χ4n) is 2.84. The van der Waals surface area contributed by atoms with Gasteiger partial charge in [0.15, 0.2) is 5.76 Å². The van der Waals surface area contributed by atoms with Gasteiger partial charge in [-0.1, -0.05) is 35.0 Å². The van der Waals surface area contributed by atoms with Crippen LogP contribution in [0.4, 0.5) is 0 Å². The summed E-state index contributed by atoms with van der Waals surface area (Å²) < 4.78 is 7.21. The Kier molecular flexibility index (Phi) is 4.70. The first-order chi connectivity index (χ1) is 12.0. The predicted octanol–water partition coefficient (Wildman–Crippen LogP) is 3.41. The third-order valence-corrected chi connectivity index (χ3v) is 4.23. The molecule has 0 atom stereocenters. The SMILES string of the molecule is CCn1nc(C)c(C(=O)NCc2cc(-c3ccc(C)cc3)on2)c1C. The lowest BCUT2D eigenvalue weighted by atomic mass is 10.1. The molecule has 1 amide bonds. The van der Waals surface area contributed by atoms with Gasteiger partial charge in [-0.2, -0.15) is 5.10 Å². The molecule has 0 fully saturated rings. The van der Waals surface area contributed by atoms with Crippen molar-refractivity contribution in [3.8, 4) is 11.3 Å². The van der Waals surface area contributed by atoms with Crippen molar-refractivity contribution in [1.82, 2.24) is 20.3 Å². The number of carbonyl (C=O) groups excluding carboxylic acids is 1. The molecule has 0 aliphatic carbocycles. The van der Waals surface area contributed by atoms with Gasteiger partial charge in [-0.3, -0.25) is 9.48 Å².